The number of ether oxygens (including phenoxy) is 1. The number of anilines is 2. The Balaban J connectivity index is 1.80. The largest absolute Gasteiger partial charge is 0.434 e. The summed E-state index contributed by atoms with van der Waals surface area (Å²) in [6.45, 7) is -1.45. The monoisotopic (exact) mass is 484 g/mol. The molecule has 0 saturated carbocycles. The Morgan fingerprint density at radius 1 is 1.26 bits per heavy atom. The fourth-order valence-electron chi connectivity index (χ4n) is 3.41. The predicted molar refractivity (Wildman–Crippen MR) is 123 cm³/mol. The second-order valence-corrected chi connectivity index (χ2v) is 7.86. The van der Waals surface area contributed by atoms with Gasteiger partial charge in [0.05, 0.1) is 5.69 Å². The first-order chi connectivity index (χ1) is 16.6. The molecule has 0 unspecified atom stereocenters. The maximum Gasteiger partial charge on any atom is 0.387 e. The van der Waals surface area contributed by atoms with Crippen molar-refractivity contribution < 1.29 is 23.1 Å². The van der Waals surface area contributed by atoms with Gasteiger partial charge in [0.1, 0.15) is 23.6 Å². The summed E-state index contributed by atoms with van der Waals surface area (Å²) in [4.78, 5) is 31.0. The molecule has 1 aromatic carbocycles. The van der Waals surface area contributed by atoms with Crippen molar-refractivity contribution >= 4 is 29.0 Å². The Morgan fingerprint density at radius 2 is 2.03 bits per heavy atom. The number of aromatic nitrogens is 5. The van der Waals surface area contributed by atoms with E-state index in [0.717, 1.165) is 5.56 Å². The van der Waals surface area contributed by atoms with Gasteiger partial charge in [-0.3, -0.25) is 14.3 Å². The lowest BCUT2D eigenvalue weighted by Crippen LogP contribution is -2.26. The third-order valence-corrected chi connectivity index (χ3v) is 5.06. The van der Waals surface area contributed by atoms with Gasteiger partial charge in [-0.05, 0) is 25.1 Å². The molecule has 0 radical (unpaired) electrons. The number of carbonyl (C=O) groups is 2. The highest BCUT2D eigenvalue weighted by atomic mass is 19.3. The summed E-state index contributed by atoms with van der Waals surface area (Å²) in [6, 6.07) is 6.23. The number of nitrogens with one attached hydrogen (secondary N) is 1. The molecule has 11 nitrogen and oxygen atoms in total. The summed E-state index contributed by atoms with van der Waals surface area (Å²) in [7, 11) is 3.18. The van der Waals surface area contributed by atoms with E-state index in [1.165, 1.54) is 32.6 Å². The Bertz CT molecular complexity index is 1410. The number of nitrogens with zero attached hydrogens (tertiary/aromatic N) is 6. The Hall–Kier alpha value is -4.55. The topological polar surface area (TPSA) is 133 Å². The minimum absolute atomic E-state index is 0.0296. The zero-order valence-electron chi connectivity index (χ0n) is 19.1. The summed E-state index contributed by atoms with van der Waals surface area (Å²) >= 11 is 0. The van der Waals surface area contributed by atoms with Gasteiger partial charge in [0.25, 0.3) is 5.91 Å². The average molecular weight is 484 g/mol. The van der Waals surface area contributed by atoms with Gasteiger partial charge in [-0.1, -0.05) is 11.6 Å². The summed E-state index contributed by atoms with van der Waals surface area (Å²) < 4.78 is 33.5. The first kappa shape index (κ1) is 23.6. The number of benzene rings is 1. The molecule has 0 atom stereocenters. The van der Waals surface area contributed by atoms with Gasteiger partial charge in [-0.2, -0.15) is 13.9 Å². The van der Waals surface area contributed by atoms with E-state index in [0.29, 0.717) is 0 Å². The standard InChI is InChI=1S/C22H22F2N8O3/c1-12-5-6-15(35-22(23)24)13(9-12)18-14(10-31(28-18)11-16(33)30(2)3)27-21(34)17-19(25)29-32-8-4-7-26-20(17)32/h4-10,22H,11H2,1-3H3,(H2,25,29)(H,27,34). The molecule has 3 N–H and O–H groups in total. The second kappa shape index (κ2) is 9.37. The molecule has 2 amide bonds. The summed E-state index contributed by atoms with van der Waals surface area (Å²) in [5.74, 6) is -1.08. The van der Waals surface area contributed by atoms with Crippen molar-refractivity contribution in [2.75, 3.05) is 25.1 Å². The molecule has 0 aliphatic carbocycles. The maximum absolute atomic E-state index is 13.2. The Labute approximate surface area is 198 Å². The van der Waals surface area contributed by atoms with Crippen molar-refractivity contribution in [3.8, 4) is 17.0 Å². The lowest BCUT2D eigenvalue weighted by molar-refractivity contribution is -0.129. The molecule has 182 valence electrons. The fourth-order valence-corrected chi connectivity index (χ4v) is 3.41. The number of fused-ring (bicyclic) bond motifs is 1. The van der Waals surface area contributed by atoms with Crippen LogP contribution in [0.25, 0.3) is 16.9 Å². The van der Waals surface area contributed by atoms with Crippen LogP contribution in [-0.4, -0.2) is 61.8 Å². The van der Waals surface area contributed by atoms with Crippen LogP contribution in [0.1, 0.15) is 15.9 Å². The van der Waals surface area contributed by atoms with E-state index in [2.05, 4.69) is 25.2 Å². The highest BCUT2D eigenvalue weighted by Crippen LogP contribution is 2.36. The number of hydrogen-bond donors (Lipinski definition) is 2. The van der Waals surface area contributed by atoms with Crippen molar-refractivity contribution in [1.82, 2.24) is 29.3 Å². The zero-order valence-corrected chi connectivity index (χ0v) is 19.1. The van der Waals surface area contributed by atoms with Crippen LogP contribution in [0.5, 0.6) is 5.75 Å². The van der Waals surface area contributed by atoms with E-state index in [-0.39, 0.29) is 52.2 Å². The van der Waals surface area contributed by atoms with E-state index in [4.69, 9.17) is 5.73 Å². The van der Waals surface area contributed by atoms with Gasteiger partial charge < -0.3 is 20.7 Å². The van der Waals surface area contributed by atoms with Crippen LogP contribution in [0.4, 0.5) is 20.3 Å². The fraction of sp³-hybridized carbons (Fsp3) is 0.227. The SMILES string of the molecule is Cc1ccc(OC(F)F)c(-c2nn(CC(=O)N(C)C)cc2NC(=O)c2c(N)nn3cccnc23)c1. The van der Waals surface area contributed by atoms with Crippen molar-refractivity contribution in [2.24, 2.45) is 0 Å². The number of alkyl halides is 2. The van der Waals surface area contributed by atoms with Crippen molar-refractivity contribution in [3.05, 3.63) is 54.0 Å². The van der Waals surface area contributed by atoms with Crippen LogP contribution in [0.2, 0.25) is 0 Å². The molecule has 0 saturated heterocycles. The number of rotatable bonds is 7. The predicted octanol–water partition coefficient (Wildman–Crippen LogP) is 2.43. The van der Waals surface area contributed by atoms with Crippen LogP contribution >= 0.6 is 0 Å². The number of amides is 2. The number of nitrogen functional groups attached to an aromatic ring is 1. The highest BCUT2D eigenvalue weighted by Gasteiger charge is 2.24. The zero-order chi connectivity index (χ0) is 25.3. The average Bonchev–Trinajstić information content (AvgIpc) is 3.33. The molecule has 3 aromatic heterocycles. The normalized spacial score (nSPS) is 11.1. The molecule has 0 aliphatic rings. The van der Waals surface area contributed by atoms with Crippen molar-refractivity contribution in [3.63, 3.8) is 0 Å². The second-order valence-electron chi connectivity index (χ2n) is 7.86. The number of halogens is 2. The summed E-state index contributed by atoms with van der Waals surface area (Å²) in [5.41, 5.74) is 7.46. The number of hydrogen-bond acceptors (Lipinski definition) is 7. The van der Waals surface area contributed by atoms with E-state index in [1.54, 1.807) is 45.4 Å². The molecular weight excluding hydrogens is 462 g/mol. The van der Waals surface area contributed by atoms with Crippen molar-refractivity contribution in [2.45, 2.75) is 20.1 Å². The molecule has 0 spiro atoms. The number of nitrogens with two attached hydrogens (primary N) is 1. The van der Waals surface area contributed by atoms with Crippen LogP contribution in [-0.2, 0) is 11.3 Å². The van der Waals surface area contributed by atoms with Crippen LogP contribution in [0.15, 0.2) is 42.9 Å². The van der Waals surface area contributed by atoms with Crippen molar-refractivity contribution in [1.29, 1.82) is 0 Å². The molecule has 13 heteroatoms. The minimum Gasteiger partial charge on any atom is -0.434 e. The van der Waals surface area contributed by atoms with Gasteiger partial charge in [0.15, 0.2) is 11.5 Å². The maximum atomic E-state index is 13.2. The summed E-state index contributed by atoms with van der Waals surface area (Å²) in [5, 5.41) is 11.2. The third kappa shape index (κ3) is 4.88. The molecule has 0 fully saturated rings. The summed E-state index contributed by atoms with van der Waals surface area (Å²) in [6.07, 6.45) is 4.51. The molecule has 4 rings (SSSR count). The molecule has 35 heavy (non-hydrogen) atoms. The quantitative estimate of drug-likeness (QED) is 0.412. The van der Waals surface area contributed by atoms with Crippen LogP contribution < -0.4 is 15.8 Å². The Morgan fingerprint density at radius 3 is 2.74 bits per heavy atom. The molecule has 0 aliphatic heterocycles. The van der Waals surface area contributed by atoms with Gasteiger partial charge in [0.2, 0.25) is 5.91 Å². The van der Waals surface area contributed by atoms with E-state index in [1.807, 2.05) is 0 Å². The van der Waals surface area contributed by atoms with Gasteiger partial charge >= 0.3 is 6.61 Å². The molecular formula is C22H22F2N8O3. The first-order valence-corrected chi connectivity index (χ1v) is 10.4. The number of likely N-dealkylation sites (N-methyl/N-ethyl adjacent to an activating group) is 1. The van der Waals surface area contributed by atoms with Crippen LogP contribution in [0, 0.1) is 6.92 Å². The van der Waals surface area contributed by atoms with E-state index in [9.17, 15) is 18.4 Å². The van der Waals surface area contributed by atoms with Gasteiger partial charge in [0, 0.05) is 38.2 Å². The number of carbonyl (C=O) groups excluding carboxylic acids is 2. The lowest BCUT2D eigenvalue weighted by Gasteiger charge is -2.12. The van der Waals surface area contributed by atoms with Gasteiger partial charge in [-0.15, -0.1) is 5.10 Å². The van der Waals surface area contributed by atoms with E-state index < -0.39 is 12.5 Å². The Kier molecular flexibility index (Phi) is 6.32. The van der Waals surface area contributed by atoms with E-state index >= 15 is 0 Å². The molecule has 0 bridgehead atoms. The minimum atomic E-state index is -3.07. The van der Waals surface area contributed by atoms with Crippen LogP contribution in [0.3, 0.4) is 0 Å². The lowest BCUT2D eigenvalue weighted by atomic mass is 10.1. The molecule has 4 aromatic rings. The highest BCUT2D eigenvalue weighted by molar-refractivity contribution is 6.12. The third-order valence-electron chi connectivity index (χ3n) is 5.06. The first-order valence-electron chi connectivity index (χ1n) is 10.4. The number of aryl methyl sites for hydroxylation is 1. The smallest absolute Gasteiger partial charge is 0.387 e. The molecule has 3 heterocycles. The van der Waals surface area contributed by atoms with Gasteiger partial charge in [-0.25, -0.2) is 9.50 Å².